The molecule has 0 bridgehead atoms. The molecular weight excluding hydrogens is 454 g/mol. The minimum Gasteiger partial charge on any atom is -0.382 e. The molecule has 3 aromatic rings. The molecule has 184 valence electrons. The number of nitrogens with one attached hydrogen (secondary N) is 2. The van der Waals surface area contributed by atoms with Crippen molar-refractivity contribution < 1.29 is 4.79 Å². The smallest absolute Gasteiger partial charge is 0.228 e. The van der Waals surface area contributed by atoms with E-state index < -0.39 is 0 Å². The molecule has 0 aromatic heterocycles. The summed E-state index contributed by atoms with van der Waals surface area (Å²) in [6, 6.07) is 22.0. The molecule has 0 aliphatic rings. The zero-order valence-electron chi connectivity index (χ0n) is 21.1. The Morgan fingerprint density at radius 1 is 1.03 bits per heavy atom. The molecule has 0 fully saturated rings. The van der Waals surface area contributed by atoms with Crippen LogP contribution in [0.3, 0.4) is 0 Å². The van der Waals surface area contributed by atoms with Crippen LogP contribution in [0.4, 0.5) is 5.69 Å². The SMILES string of the molecule is CC(C)c1ccc(CC(=O)Nc2cc(-c3ccccc3/C(N)=N/NN)ccc2SC(C)(C)C)cc1. The van der Waals surface area contributed by atoms with Gasteiger partial charge in [0.05, 0.1) is 12.1 Å². The number of benzene rings is 3. The second-order valence-corrected chi connectivity index (χ2v) is 11.6. The number of hydrogen-bond acceptors (Lipinski definition) is 5. The predicted octanol–water partition coefficient (Wildman–Crippen LogP) is 5.63. The standard InChI is InChI=1S/C28H35N5OS/c1-18(2)20-12-10-19(11-13-20)16-26(34)31-24-17-21(14-15-25(24)35-28(3,4)5)22-8-6-7-9-23(22)27(29)32-33-30/h6-15,17-18,33H,16,30H2,1-5H3,(H2,29,32)(H,31,34). The molecule has 0 aliphatic carbocycles. The van der Waals surface area contributed by atoms with Crippen LogP contribution in [0.5, 0.6) is 0 Å². The summed E-state index contributed by atoms with van der Waals surface area (Å²) in [5, 5.41) is 7.08. The van der Waals surface area contributed by atoms with Crippen molar-refractivity contribution in [3.63, 3.8) is 0 Å². The molecule has 6 nitrogen and oxygen atoms in total. The molecule has 3 aromatic carbocycles. The van der Waals surface area contributed by atoms with Crippen molar-refractivity contribution in [3.8, 4) is 11.1 Å². The van der Waals surface area contributed by atoms with E-state index in [1.807, 2.05) is 54.6 Å². The first-order valence-corrected chi connectivity index (χ1v) is 12.5. The van der Waals surface area contributed by atoms with E-state index in [-0.39, 0.29) is 16.5 Å². The van der Waals surface area contributed by atoms with E-state index in [9.17, 15) is 4.79 Å². The number of carbonyl (C=O) groups is 1. The Hall–Kier alpha value is -3.29. The summed E-state index contributed by atoms with van der Waals surface area (Å²) in [4.78, 5) is 14.1. The van der Waals surface area contributed by atoms with Gasteiger partial charge in [0.15, 0.2) is 5.84 Å². The van der Waals surface area contributed by atoms with Crippen molar-refractivity contribution in [3.05, 3.63) is 83.4 Å². The average Bonchev–Trinajstić information content (AvgIpc) is 2.80. The van der Waals surface area contributed by atoms with Gasteiger partial charge < -0.3 is 11.1 Å². The van der Waals surface area contributed by atoms with Gasteiger partial charge in [-0.25, -0.2) is 11.4 Å². The maximum atomic E-state index is 13.0. The molecule has 0 unspecified atom stereocenters. The van der Waals surface area contributed by atoms with E-state index in [4.69, 9.17) is 11.6 Å². The molecule has 7 heteroatoms. The largest absolute Gasteiger partial charge is 0.382 e. The number of hydrazine groups is 1. The Kier molecular flexibility index (Phi) is 8.59. The second-order valence-electron chi connectivity index (χ2n) is 9.72. The summed E-state index contributed by atoms with van der Waals surface area (Å²) in [5.41, 5.74) is 14.0. The van der Waals surface area contributed by atoms with E-state index in [1.54, 1.807) is 11.8 Å². The molecule has 35 heavy (non-hydrogen) atoms. The first kappa shape index (κ1) is 26.3. The summed E-state index contributed by atoms with van der Waals surface area (Å²) >= 11 is 1.71. The zero-order valence-corrected chi connectivity index (χ0v) is 21.9. The highest BCUT2D eigenvalue weighted by Gasteiger charge is 2.18. The number of thioether (sulfide) groups is 1. The fourth-order valence-corrected chi connectivity index (χ4v) is 4.72. The van der Waals surface area contributed by atoms with Crippen LogP contribution in [-0.4, -0.2) is 16.5 Å². The maximum Gasteiger partial charge on any atom is 0.228 e. The Morgan fingerprint density at radius 3 is 2.34 bits per heavy atom. The zero-order chi connectivity index (χ0) is 25.6. The van der Waals surface area contributed by atoms with Gasteiger partial charge >= 0.3 is 0 Å². The van der Waals surface area contributed by atoms with Gasteiger partial charge in [-0.05, 0) is 40.3 Å². The van der Waals surface area contributed by atoms with Gasteiger partial charge in [0.1, 0.15) is 0 Å². The van der Waals surface area contributed by atoms with Crippen LogP contribution in [0.2, 0.25) is 0 Å². The highest BCUT2D eigenvalue weighted by Crippen LogP contribution is 2.39. The van der Waals surface area contributed by atoms with E-state index in [1.165, 1.54) is 5.56 Å². The number of anilines is 1. The van der Waals surface area contributed by atoms with Crippen molar-refractivity contribution in [2.45, 2.75) is 56.6 Å². The summed E-state index contributed by atoms with van der Waals surface area (Å²) in [5.74, 6) is 6.02. The normalized spacial score (nSPS) is 12.0. The molecule has 0 heterocycles. The van der Waals surface area contributed by atoms with Crippen LogP contribution >= 0.6 is 11.8 Å². The minimum absolute atomic E-state index is 0.0184. The molecular formula is C28H35N5OS. The Bertz CT molecular complexity index is 1200. The van der Waals surface area contributed by atoms with Crippen molar-refractivity contribution >= 4 is 29.2 Å². The number of nitrogens with two attached hydrogens (primary N) is 2. The number of hydrogen-bond donors (Lipinski definition) is 4. The highest BCUT2D eigenvalue weighted by atomic mass is 32.2. The van der Waals surface area contributed by atoms with Crippen LogP contribution < -0.4 is 22.4 Å². The predicted molar refractivity (Wildman–Crippen MR) is 148 cm³/mol. The molecule has 0 aliphatic heterocycles. The fourth-order valence-electron chi connectivity index (χ4n) is 3.70. The lowest BCUT2D eigenvalue weighted by Crippen LogP contribution is -2.23. The van der Waals surface area contributed by atoms with Crippen LogP contribution in [0.15, 0.2) is 76.7 Å². The molecule has 0 saturated heterocycles. The second kappa shape index (κ2) is 11.4. The number of rotatable bonds is 8. The van der Waals surface area contributed by atoms with Crippen LogP contribution in [-0.2, 0) is 11.2 Å². The number of carbonyl (C=O) groups excluding carboxylic acids is 1. The van der Waals surface area contributed by atoms with Gasteiger partial charge in [-0.3, -0.25) is 4.79 Å². The summed E-state index contributed by atoms with van der Waals surface area (Å²) < 4.78 is -0.0184. The lowest BCUT2D eigenvalue weighted by atomic mass is 9.98. The first-order chi connectivity index (χ1) is 16.6. The van der Waals surface area contributed by atoms with E-state index >= 15 is 0 Å². The Labute approximate surface area is 212 Å². The third kappa shape index (κ3) is 7.34. The van der Waals surface area contributed by atoms with Crippen LogP contribution in [0.25, 0.3) is 11.1 Å². The van der Waals surface area contributed by atoms with Crippen molar-refractivity contribution in [2.24, 2.45) is 16.7 Å². The fraction of sp³-hybridized carbons (Fsp3) is 0.286. The molecule has 3 rings (SSSR count). The summed E-state index contributed by atoms with van der Waals surface area (Å²) in [6.07, 6.45) is 0.306. The van der Waals surface area contributed by atoms with E-state index in [0.717, 1.165) is 32.8 Å². The van der Waals surface area contributed by atoms with E-state index in [2.05, 4.69) is 62.7 Å². The van der Waals surface area contributed by atoms with Gasteiger partial charge in [0.25, 0.3) is 0 Å². The molecule has 0 spiro atoms. The molecule has 1 amide bonds. The lowest BCUT2D eigenvalue weighted by molar-refractivity contribution is -0.115. The van der Waals surface area contributed by atoms with Crippen molar-refractivity contribution in [1.82, 2.24) is 5.53 Å². The number of nitrogens with zero attached hydrogens (tertiary/aromatic N) is 1. The number of amides is 1. The number of amidine groups is 1. The molecule has 0 saturated carbocycles. The number of hydrazone groups is 1. The third-order valence-electron chi connectivity index (χ3n) is 5.38. The third-order valence-corrected chi connectivity index (χ3v) is 6.57. The average molecular weight is 490 g/mol. The summed E-state index contributed by atoms with van der Waals surface area (Å²) in [7, 11) is 0. The molecule has 0 radical (unpaired) electrons. The van der Waals surface area contributed by atoms with Crippen LogP contribution in [0, 0.1) is 0 Å². The molecule has 0 atom stereocenters. The maximum absolute atomic E-state index is 13.0. The van der Waals surface area contributed by atoms with Gasteiger partial charge in [0.2, 0.25) is 5.91 Å². The highest BCUT2D eigenvalue weighted by molar-refractivity contribution is 8.00. The Morgan fingerprint density at radius 2 is 1.71 bits per heavy atom. The first-order valence-electron chi connectivity index (χ1n) is 11.7. The van der Waals surface area contributed by atoms with Gasteiger partial charge in [-0.2, -0.15) is 0 Å². The van der Waals surface area contributed by atoms with Crippen LogP contribution in [0.1, 0.15) is 57.2 Å². The topological polar surface area (TPSA) is 106 Å². The van der Waals surface area contributed by atoms with Gasteiger partial charge in [-0.15, -0.1) is 16.9 Å². The monoisotopic (exact) mass is 489 g/mol. The Balaban J connectivity index is 1.94. The van der Waals surface area contributed by atoms with Gasteiger partial charge in [-0.1, -0.05) is 89.2 Å². The van der Waals surface area contributed by atoms with Crippen molar-refractivity contribution in [2.75, 3.05) is 5.32 Å². The quantitative estimate of drug-likeness (QED) is 0.108. The van der Waals surface area contributed by atoms with E-state index in [0.29, 0.717) is 12.3 Å². The summed E-state index contributed by atoms with van der Waals surface area (Å²) in [6.45, 7) is 10.8. The van der Waals surface area contributed by atoms with Gasteiger partial charge in [0, 0.05) is 15.2 Å². The minimum atomic E-state index is -0.0584. The lowest BCUT2D eigenvalue weighted by Gasteiger charge is -2.21. The molecule has 6 N–H and O–H groups in total. The van der Waals surface area contributed by atoms with Crippen molar-refractivity contribution in [1.29, 1.82) is 0 Å².